The van der Waals surface area contributed by atoms with Crippen molar-refractivity contribution in [1.29, 1.82) is 5.26 Å². The number of aromatic amines is 1. The first-order valence-electron chi connectivity index (χ1n) is 8.32. The first-order valence-corrected chi connectivity index (χ1v) is 8.32. The molecule has 6 heteroatoms. The Labute approximate surface area is 140 Å². The highest BCUT2D eigenvalue weighted by atomic mass is 16.2. The summed E-state index contributed by atoms with van der Waals surface area (Å²) in [7, 11) is 0. The average Bonchev–Trinajstić information content (AvgIpc) is 3.21. The molecule has 6 nitrogen and oxygen atoms in total. The fourth-order valence-corrected chi connectivity index (χ4v) is 4.08. The number of carbonyl (C=O) groups excluding carboxylic acids is 1. The lowest BCUT2D eigenvalue weighted by atomic mass is 9.77. The summed E-state index contributed by atoms with van der Waals surface area (Å²) in [5, 5.41) is 8.94. The van der Waals surface area contributed by atoms with E-state index in [1.165, 1.54) is 5.56 Å². The van der Waals surface area contributed by atoms with Gasteiger partial charge in [-0.3, -0.25) is 4.79 Å². The van der Waals surface area contributed by atoms with Crippen LogP contribution in [0, 0.1) is 18.3 Å². The largest absolute Gasteiger partial charge is 0.356 e. The SMILES string of the molecule is Cc1ncc2c(n1)C1(CCCN(C(=O)c3cc(C#N)c[nH]3)C1)CC2. The van der Waals surface area contributed by atoms with Gasteiger partial charge in [-0.05, 0) is 44.2 Å². The third kappa shape index (κ3) is 2.28. The number of aromatic nitrogens is 3. The van der Waals surface area contributed by atoms with Crippen LogP contribution in [0.15, 0.2) is 18.5 Å². The number of hydrogen-bond acceptors (Lipinski definition) is 4. The van der Waals surface area contributed by atoms with Crippen LogP contribution in [-0.4, -0.2) is 38.8 Å². The molecule has 3 heterocycles. The molecule has 1 amide bonds. The van der Waals surface area contributed by atoms with Crippen LogP contribution in [0.1, 0.15) is 52.4 Å². The molecule has 0 bridgehead atoms. The van der Waals surface area contributed by atoms with E-state index in [1.807, 2.05) is 18.0 Å². The Bertz CT molecular complexity index is 845. The van der Waals surface area contributed by atoms with Gasteiger partial charge in [-0.1, -0.05) is 0 Å². The molecule has 122 valence electrons. The molecule has 4 rings (SSSR count). The van der Waals surface area contributed by atoms with Crippen molar-refractivity contribution in [2.75, 3.05) is 13.1 Å². The normalized spacial score (nSPS) is 22.4. The van der Waals surface area contributed by atoms with Crippen molar-refractivity contribution in [2.24, 2.45) is 0 Å². The zero-order valence-corrected chi connectivity index (χ0v) is 13.7. The smallest absolute Gasteiger partial charge is 0.270 e. The average molecular weight is 321 g/mol. The van der Waals surface area contributed by atoms with E-state index < -0.39 is 0 Å². The number of nitrogens with one attached hydrogen (secondary N) is 1. The second-order valence-corrected chi connectivity index (χ2v) is 6.82. The van der Waals surface area contributed by atoms with Crippen molar-refractivity contribution >= 4 is 5.91 Å². The van der Waals surface area contributed by atoms with Gasteiger partial charge >= 0.3 is 0 Å². The van der Waals surface area contributed by atoms with E-state index in [-0.39, 0.29) is 11.3 Å². The van der Waals surface area contributed by atoms with Crippen LogP contribution in [0.25, 0.3) is 0 Å². The third-order valence-corrected chi connectivity index (χ3v) is 5.27. The maximum Gasteiger partial charge on any atom is 0.270 e. The standard InChI is InChI=1S/C18H19N5O/c1-12-20-10-14-3-5-18(16(14)22-12)4-2-6-23(11-18)17(24)15-7-13(8-19)9-21-15/h7,9-10,21H,2-6,11H2,1H3. The molecule has 1 spiro atoms. The highest BCUT2D eigenvalue weighted by Crippen LogP contribution is 2.44. The molecule has 1 fully saturated rings. The summed E-state index contributed by atoms with van der Waals surface area (Å²) in [6.07, 6.45) is 7.57. The Kier molecular flexibility index (Phi) is 3.38. The van der Waals surface area contributed by atoms with Gasteiger partial charge in [0.25, 0.3) is 5.91 Å². The lowest BCUT2D eigenvalue weighted by molar-refractivity contribution is 0.0628. The van der Waals surface area contributed by atoms with Crippen LogP contribution in [0.3, 0.4) is 0 Å². The summed E-state index contributed by atoms with van der Waals surface area (Å²) in [5.41, 5.74) is 3.29. The molecule has 2 aromatic rings. The van der Waals surface area contributed by atoms with Gasteiger partial charge < -0.3 is 9.88 Å². The number of amides is 1. The lowest BCUT2D eigenvalue weighted by Gasteiger charge is -2.40. The van der Waals surface area contributed by atoms with Crippen molar-refractivity contribution in [3.63, 3.8) is 0 Å². The lowest BCUT2D eigenvalue weighted by Crippen LogP contribution is -2.48. The van der Waals surface area contributed by atoms with Gasteiger partial charge in [0, 0.05) is 30.9 Å². The van der Waals surface area contributed by atoms with Gasteiger partial charge in [-0.2, -0.15) is 5.26 Å². The molecule has 0 saturated carbocycles. The van der Waals surface area contributed by atoms with Gasteiger partial charge in [0.1, 0.15) is 17.6 Å². The van der Waals surface area contributed by atoms with Crippen molar-refractivity contribution in [2.45, 2.75) is 38.0 Å². The van der Waals surface area contributed by atoms with Crippen molar-refractivity contribution < 1.29 is 4.79 Å². The van der Waals surface area contributed by atoms with Crippen molar-refractivity contribution in [3.8, 4) is 6.07 Å². The second kappa shape index (κ2) is 5.45. The Morgan fingerprint density at radius 1 is 1.46 bits per heavy atom. The van der Waals surface area contributed by atoms with Crippen LogP contribution >= 0.6 is 0 Å². The number of aryl methyl sites for hydroxylation is 2. The summed E-state index contributed by atoms with van der Waals surface area (Å²) < 4.78 is 0. The Morgan fingerprint density at radius 3 is 3.12 bits per heavy atom. The number of piperidine rings is 1. The predicted octanol–water partition coefficient (Wildman–Crippen LogP) is 2.10. The topological polar surface area (TPSA) is 85.7 Å². The first-order chi connectivity index (χ1) is 11.6. The van der Waals surface area contributed by atoms with Gasteiger partial charge in [-0.25, -0.2) is 9.97 Å². The van der Waals surface area contributed by atoms with Gasteiger partial charge in [0.2, 0.25) is 0 Å². The highest BCUT2D eigenvalue weighted by Gasteiger charge is 2.44. The van der Waals surface area contributed by atoms with E-state index in [0.717, 1.165) is 43.7 Å². The summed E-state index contributed by atoms with van der Waals surface area (Å²) in [6.45, 7) is 3.36. The first kappa shape index (κ1) is 14.9. The molecule has 0 aromatic carbocycles. The minimum atomic E-state index is -0.0401. The molecule has 1 atom stereocenters. The number of nitrogens with zero attached hydrogens (tertiary/aromatic N) is 4. The zero-order chi connectivity index (χ0) is 16.7. The molecule has 1 saturated heterocycles. The number of likely N-dealkylation sites (tertiary alicyclic amines) is 1. The molecule has 1 aliphatic carbocycles. The van der Waals surface area contributed by atoms with Crippen molar-refractivity contribution in [1.82, 2.24) is 19.9 Å². The minimum absolute atomic E-state index is 0.0326. The molecule has 1 aliphatic heterocycles. The minimum Gasteiger partial charge on any atom is -0.356 e. The van der Waals surface area contributed by atoms with Crippen molar-refractivity contribution in [3.05, 3.63) is 46.8 Å². The van der Waals surface area contributed by atoms with E-state index in [1.54, 1.807) is 12.3 Å². The van der Waals surface area contributed by atoms with Crippen LogP contribution in [0.5, 0.6) is 0 Å². The van der Waals surface area contributed by atoms with Gasteiger partial charge in [0.15, 0.2) is 0 Å². The highest BCUT2D eigenvalue weighted by molar-refractivity contribution is 5.93. The summed E-state index contributed by atoms with van der Waals surface area (Å²) in [4.78, 5) is 26.7. The quantitative estimate of drug-likeness (QED) is 0.871. The Morgan fingerprint density at radius 2 is 2.33 bits per heavy atom. The maximum absolute atomic E-state index is 12.8. The van der Waals surface area contributed by atoms with E-state index in [2.05, 4.69) is 16.0 Å². The number of H-pyrrole nitrogens is 1. The zero-order valence-electron chi connectivity index (χ0n) is 13.7. The second-order valence-electron chi connectivity index (χ2n) is 6.82. The Balaban J connectivity index is 1.62. The van der Waals surface area contributed by atoms with Crippen LogP contribution in [0.4, 0.5) is 0 Å². The number of nitriles is 1. The van der Waals surface area contributed by atoms with Gasteiger partial charge in [-0.15, -0.1) is 0 Å². The fourth-order valence-electron chi connectivity index (χ4n) is 4.08. The molecule has 2 aliphatic rings. The number of carbonyl (C=O) groups is 1. The van der Waals surface area contributed by atoms with E-state index in [0.29, 0.717) is 17.8 Å². The molecular formula is C18H19N5O. The Hall–Kier alpha value is -2.68. The molecule has 2 aromatic heterocycles. The van der Waals surface area contributed by atoms with Crippen LogP contribution < -0.4 is 0 Å². The number of fused-ring (bicyclic) bond motifs is 2. The van der Waals surface area contributed by atoms with E-state index in [4.69, 9.17) is 10.2 Å². The van der Waals surface area contributed by atoms with Gasteiger partial charge in [0.05, 0.1) is 11.3 Å². The van der Waals surface area contributed by atoms with Crippen LogP contribution in [0.2, 0.25) is 0 Å². The monoisotopic (exact) mass is 321 g/mol. The molecule has 1 N–H and O–H groups in total. The number of hydrogen-bond donors (Lipinski definition) is 1. The van der Waals surface area contributed by atoms with E-state index >= 15 is 0 Å². The fraction of sp³-hybridized carbons (Fsp3) is 0.444. The molecule has 0 radical (unpaired) electrons. The molecule has 24 heavy (non-hydrogen) atoms. The summed E-state index contributed by atoms with van der Waals surface area (Å²) in [6, 6.07) is 3.68. The summed E-state index contributed by atoms with van der Waals surface area (Å²) >= 11 is 0. The predicted molar refractivity (Wildman–Crippen MR) is 87.4 cm³/mol. The van der Waals surface area contributed by atoms with E-state index in [9.17, 15) is 4.79 Å². The third-order valence-electron chi connectivity index (χ3n) is 5.27. The van der Waals surface area contributed by atoms with Crippen LogP contribution in [-0.2, 0) is 11.8 Å². The summed E-state index contributed by atoms with van der Waals surface area (Å²) in [5.74, 6) is 0.760. The maximum atomic E-state index is 12.8. The molecular weight excluding hydrogens is 302 g/mol. The molecule has 1 unspecified atom stereocenters. The number of rotatable bonds is 1.